The highest BCUT2D eigenvalue weighted by Gasteiger charge is 2.21. The zero-order valence-corrected chi connectivity index (χ0v) is 16.1. The average Bonchev–Trinajstić information content (AvgIpc) is 3.30. The minimum atomic E-state index is -2.78. The summed E-state index contributed by atoms with van der Waals surface area (Å²) in [7, 11) is 0. The number of nitrogens with one attached hydrogen (secondary N) is 1. The lowest BCUT2D eigenvalue weighted by Crippen LogP contribution is -2.14. The third-order valence-electron chi connectivity index (χ3n) is 4.20. The minimum absolute atomic E-state index is 0.000302. The van der Waals surface area contributed by atoms with Crippen LogP contribution in [0.4, 0.5) is 19.1 Å². The molecular formula is C18H13ClF3N7O. The Morgan fingerprint density at radius 1 is 1.30 bits per heavy atom. The van der Waals surface area contributed by atoms with E-state index < -0.39 is 18.1 Å². The number of carbonyl (C=O) groups is 1. The molecule has 12 heteroatoms. The Morgan fingerprint density at radius 3 is 2.83 bits per heavy atom. The number of hydrogen-bond acceptors (Lipinski definition) is 5. The molecule has 0 aliphatic heterocycles. The molecule has 8 nitrogen and oxygen atoms in total. The van der Waals surface area contributed by atoms with E-state index >= 15 is 0 Å². The summed E-state index contributed by atoms with van der Waals surface area (Å²) in [6, 6.07) is 5.18. The van der Waals surface area contributed by atoms with Gasteiger partial charge in [-0.25, -0.2) is 32.3 Å². The summed E-state index contributed by atoms with van der Waals surface area (Å²) in [6.45, 7) is 1.75. The molecule has 30 heavy (non-hydrogen) atoms. The van der Waals surface area contributed by atoms with Gasteiger partial charge in [0, 0.05) is 10.7 Å². The van der Waals surface area contributed by atoms with Crippen LogP contribution in [0.3, 0.4) is 0 Å². The highest BCUT2D eigenvalue weighted by Crippen LogP contribution is 2.22. The lowest BCUT2D eigenvalue weighted by molar-refractivity contribution is 0.102. The van der Waals surface area contributed by atoms with Crippen molar-refractivity contribution in [3.63, 3.8) is 0 Å². The predicted molar refractivity (Wildman–Crippen MR) is 101 cm³/mol. The smallest absolute Gasteiger partial charge is 0.280 e. The van der Waals surface area contributed by atoms with Crippen LogP contribution in [-0.2, 0) is 6.54 Å². The molecule has 0 atom stereocenters. The molecule has 0 aliphatic carbocycles. The van der Waals surface area contributed by atoms with Gasteiger partial charge in [0.1, 0.15) is 23.4 Å². The Morgan fingerprint density at radius 2 is 2.10 bits per heavy atom. The molecule has 1 aromatic carbocycles. The zero-order chi connectivity index (χ0) is 21.4. The maximum atomic E-state index is 13.2. The van der Waals surface area contributed by atoms with Gasteiger partial charge in [-0.3, -0.25) is 10.1 Å². The fourth-order valence-corrected chi connectivity index (χ4v) is 3.08. The van der Waals surface area contributed by atoms with Crippen molar-refractivity contribution in [2.45, 2.75) is 19.9 Å². The molecule has 0 fully saturated rings. The van der Waals surface area contributed by atoms with Gasteiger partial charge in [-0.2, -0.15) is 5.10 Å². The van der Waals surface area contributed by atoms with E-state index in [1.807, 2.05) is 0 Å². The van der Waals surface area contributed by atoms with E-state index in [1.54, 1.807) is 6.92 Å². The minimum Gasteiger partial charge on any atom is -0.289 e. The van der Waals surface area contributed by atoms with E-state index in [0.717, 1.165) is 10.7 Å². The SMILES string of the molecule is Cc1cc(C(F)F)n2ncc(C(=O)Nc3ncn(Cc4ccc(F)cc4Cl)n3)c2n1. The van der Waals surface area contributed by atoms with Crippen molar-refractivity contribution in [2.24, 2.45) is 0 Å². The molecule has 1 N–H and O–H groups in total. The maximum Gasteiger partial charge on any atom is 0.280 e. The molecule has 3 heterocycles. The van der Waals surface area contributed by atoms with E-state index in [0.29, 0.717) is 11.3 Å². The molecule has 0 spiro atoms. The molecule has 1 amide bonds. The molecule has 0 saturated heterocycles. The van der Waals surface area contributed by atoms with E-state index in [1.165, 1.54) is 35.3 Å². The Kier molecular flexibility index (Phi) is 5.12. The van der Waals surface area contributed by atoms with Crippen molar-refractivity contribution in [2.75, 3.05) is 5.32 Å². The van der Waals surface area contributed by atoms with Crippen LogP contribution < -0.4 is 5.32 Å². The second kappa shape index (κ2) is 7.75. The molecule has 154 valence electrons. The molecular weight excluding hydrogens is 423 g/mol. The quantitative estimate of drug-likeness (QED) is 0.516. The van der Waals surface area contributed by atoms with Gasteiger partial charge in [0.25, 0.3) is 12.3 Å². The highest BCUT2D eigenvalue weighted by atomic mass is 35.5. The first kappa shape index (κ1) is 19.8. The van der Waals surface area contributed by atoms with Gasteiger partial charge >= 0.3 is 0 Å². The predicted octanol–water partition coefficient (Wildman–Crippen LogP) is 3.66. The fraction of sp³-hybridized carbons (Fsp3) is 0.167. The van der Waals surface area contributed by atoms with Crippen molar-refractivity contribution in [1.29, 1.82) is 0 Å². The largest absolute Gasteiger partial charge is 0.289 e. The monoisotopic (exact) mass is 435 g/mol. The number of anilines is 1. The van der Waals surface area contributed by atoms with Crippen LogP contribution in [0.25, 0.3) is 5.65 Å². The van der Waals surface area contributed by atoms with Crippen LogP contribution in [0.2, 0.25) is 5.02 Å². The van der Waals surface area contributed by atoms with E-state index in [2.05, 4.69) is 25.5 Å². The van der Waals surface area contributed by atoms with Gasteiger partial charge in [-0.05, 0) is 30.7 Å². The normalized spacial score (nSPS) is 11.4. The van der Waals surface area contributed by atoms with Crippen molar-refractivity contribution < 1.29 is 18.0 Å². The first-order valence-corrected chi connectivity index (χ1v) is 8.98. The third-order valence-corrected chi connectivity index (χ3v) is 4.56. The van der Waals surface area contributed by atoms with Crippen LogP contribution in [0.15, 0.2) is 36.8 Å². The number of halogens is 4. The number of carbonyl (C=O) groups excluding carboxylic acids is 1. The summed E-state index contributed by atoms with van der Waals surface area (Å²) < 4.78 is 41.9. The van der Waals surface area contributed by atoms with Gasteiger partial charge in [0.05, 0.1) is 12.7 Å². The fourth-order valence-electron chi connectivity index (χ4n) is 2.85. The van der Waals surface area contributed by atoms with Crippen LogP contribution in [0.5, 0.6) is 0 Å². The molecule has 4 rings (SSSR count). The van der Waals surface area contributed by atoms with Crippen LogP contribution in [0, 0.1) is 12.7 Å². The number of nitrogens with zero attached hydrogens (tertiary/aromatic N) is 6. The Hall–Kier alpha value is -3.47. The topological polar surface area (TPSA) is 90.0 Å². The number of rotatable bonds is 5. The molecule has 4 aromatic rings. The lowest BCUT2D eigenvalue weighted by Gasteiger charge is -2.05. The lowest BCUT2D eigenvalue weighted by atomic mass is 10.2. The van der Waals surface area contributed by atoms with Gasteiger partial charge < -0.3 is 0 Å². The van der Waals surface area contributed by atoms with Crippen molar-refractivity contribution in [3.8, 4) is 0 Å². The Bertz CT molecular complexity index is 1250. The van der Waals surface area contributed by atoms with Crippen molar-refractivity contribution >= 4 is 29.1 Å². The van der Waals surface area contributed by atoms with Crippen LogP contribution in [-0.4, -0.2) is 35.3 Å². The number of amides is 1. The highest BCUT2D eigenvalue weighted by molar-refractivity contribution is 6.31. The molecule has 0 saturated carbocycles. The second-order valence-corrected chi connectivity index (χ2v) is 6.78. The van der Waals surface area contributed by atoms with E-state index in [4.69, 9.17) is 11.6 Å². The van der Waals surface area contributed by atoms with Gasteiger partial charge in [0.2, 0.25) is 5.95 Å². The van der Waals surface area contributed by atoms with E-state index in [9.17, 15) is 18.0 Å². The van der Waals surface area contributed by atoms with Crippen molar-refractivity contribution in [3.05, 3.63) is 70.1 Å². The number of fused-ring (bicyclic) bond motifs is 1. The maximum absolute atomic E-state index is 13.2. The van der Waals surface area contributed by atoms with Crippen LogP contribution >= 0.6 is 11.6 Å². The van der Waals surface area contributed by atoms with Gasteiger partial charge in [-0.15, -0.1) is 5.10 Å². The zero-order valence-electron chi connectivity index (χ0n) is 15.4. The number of aromatic nitrogens is 6. The Balaban J connectivity index is 1.55. The number of alkyl halides is 2. The average molecular weight is 436 g/mol. The first-order chi connectivity index (χ1) is 14.3. The van der Waals surface area contributed by atoms with Crippen molar-refractivity contribution in [1.82, 2.24) is 29.4 Å². The molecule has 3 aromatic heterocycles. The number of aryl methyl sites for hydroxylation is 1. The summed E-state index contributed by atoms with van der Waals surface area (Å²) in [5, 5.41) is 10.7. The van der Waals surface area contributed by atoms with Gasteiger partial charge in [0.15, 0.2) is 5.65 Å². The molecule has 0 bridgehead atoms. The van der Waals surface area contributed by atoms with E-state index in [-0.39, 0.29) is 34.4 Å². The van der Waals surface area contributed by atoms with Gasteiger partial charge in [-0.1, -0.05) is 17.7 Å². The summed E-state index contributed by atoms with van der Waals surface area (Å²) >= 11 is 6.00. The molecule has 0 unspecified atom stereocenters. The summed E-state index contributed by atoms with van der Waals surface area (Å²) in [6.07, 6.45) is -0.262. The number of benzene rings is 1. The molecule has 0 radical (unpaired) electrons. The standard InChI is InChI=1S/C18H13ClF3N7O/c1-9-4-14(15(21)22)29-16(25-9)12(6-24-29)17(30)26-18-23-8-28(27-18)7-10-2-3-11(20)5-13(10)19/h2-6,8,15H,7H2,1H3,(H,26,27,30). The van der Waals surface area contributed by atoms with Crippen LogP contribution in [0.1, 0.15) is 33.7 Å². The first-order valence-electron chi connectivity index (χ1n) is 8.60. The Labute approximate surface area is 172 Å². The summed E-state index contributed by atoms with van der Waals surface area (Å²) in [5.74, 6) is -1.12. The molecule has 0 aliphatic rings. The number of hydrogen-bond donors (Lipinski definition) is 1. The third kappa shape index (κ3) is 3.83. The summed E-state index contributed by atoms with van der Waals surface area (Å²) in [5.41, 5.74) is 0.572. The summed E-state index contributed by atoms with van der Waals surface area (Å²) in [4.78, 5) is 20.7. The second-order valence-electron chi connectivity index (χ2n) is 6.37.